The van der Waals surface area contributed by atoms with Crippen LogP contribution in [-0.4, -0.2) is 57.7 Å². The molecular formula is C16H26N2O5S. The molecule has 1 amide bonds. The fourth-order valence-corrected chi connectivity index (χ4v) is 3.33. The van der Waals surface area contributed by atoms with Crippen LogP contribution in [0.2, 0.25) is 0 Å². The molecule has 0 atom stereocenters. The molecule has 8 heteroatoms. The Hall–Kier alpha value is -1.80. The van der Waals surface area contributed by atoms with Gasteiger partial charge in [0, 0.05) is 19.0 Å². The highest BCUT2D eigenvalue weighted by Gasteiger charge is 2.20. The van der Waals surface area contributed by atoms with Crippen LogP contribution >= 0.6 is 0 Å². The largest absolute Gasteiger partial charge is 0.497 e. The summed E-state index contributed by atoms with van der Waals surface area (Å²) in [6.45, 7) is 4.41. The van der Waals surface area contributed by atoms with Crippen molar-refractivity contribution in [2.75, 3.05) is 33.1 Å². The van der Waals surface area contributed by atoms with Crippen molar-refractivity contribution in [3.8, 4) is 11.5 Å². The average Bonchev–Trinajstić information content (AvgIpc) is 2.50. The summed E-state index contributed by atoms with van der Waals surface area (Å²) in [5.41, 5.74) is 0. The monoisotopic (exact) mass is 358 g/mol. The second kappa shape index (κ2) is 9.48. The summed E-state index contributed by atoms with van der Waals surface area (Å²) in [6.07, 6.45) is 1.27. The lowest BCUT2D eigenvalue weighted by atomic mass is 10.3. The van der Waals surface area contributed by atoms with Gasteiger partial charge in [0.25, 0.3) is 0 Å². The van der Waals surface area contributed by atoms with E-state index < -0.39 is 10.0 Å². The van der Waals surface area contributed by atoms with Crippen LogP contribution in [0.25, 0.3) is 0 Å². The van der Waals surface area contributed by atoms with E-state index in [1.165, 1.54) is 4.31 Å². The Morgan fingerprint density at radius 1 is 1.21 bits per heavy atom. The normalized spacial score (nSPS) is 11.6. The number of nitrogens with zero attached hydrogens (tertiary/aromatic N) is 1. The van der Waals surface area contributed by atoms with E-state index in [2.05, 4.69) is 5.32 Å². The molecule has 1 aromatic carbocycles. The summed E-state index contributed by atoms with van der Waals surface area (Å²) in [6, 6.07) is 6.98. The molecule has 1 aromatic rings. The maximum Gasteiger partial charge on any atom is 0.221 e. The van der Waals surface area contributed by atoms with Crippen molar-refractivity contribution in [1.29, 1.82) is 0 Å². The molecule has 7 nitrogen and oxygen atoms in total. The van der Waals surface area contributed by atoms with Crippen molar-refractivity contribution in [2.45, 2.75) is 26.3 Å². The Bertz CT molecular complexity index is 614. The number of ether oxygens (including phenoxy) is 2. The van der Waals surface area contributed by atoms with Crippen LogP contribution in [0.3, 0.4) is 0 Å². The minimum absolute atomic E-state index is 0.119. The van der Waals surface area contributed by atoms with Crippen LogP contribution in [0.4, 0.5) is 0 Å². The molecule has 1 N–H and O–H groups in total. The van der Waals surface area contributed by atoms with Gasteiger partial charge in [-0.2, -0.15) is 4.31 Å². The third kappa shape index (κ3) is 7.18. The molecule has 0 aliphatic rings. The van der Waals surface area contributed by atoms with Gasteiger partial charge in [-0.25, -0.2) is 8.42 Å². The topological polar surface area (TPSA) is 84.9 Å². The van der Waals surface area contributed by atoms with E-state index in [9.17, 15) is 13.2 Å². The van der Waals surface area contributed by atoms with E-state index in [-0.39, 0.29) is 24.9 Å². The number of benzene rings is 1. The van der Waals surface area contributed by atoms with Crippen LogP contribution in [0.5, 0.6) is 11.5 Å². The zero-order chi connectivity index (χ0) is 18.2. The first-order chi connectivity index (χ1) is 11.2. The van der Waals surface area contributed by atoms with E-state index in [1.54, 1.807) is 45.2 Å². The Kier molecular flexibility index (Phi) is 8.00. The van der Waals surface area contributed by atoms with Gasteiger partial charge < -0.3 is 14.8 Å². The predicted octanol–water partition coefficient (Wildman–Crippen LogP) is 1.25. The molecule has 0 bridgehead atoms. The highest BCUT2D eigenvalue weighted by Crippen LogP contribution is 2.16. The third-order valence-corrected chi connectivity index (χ3v) is 4.77. The Balaban J connectivity index is 2.28. The summed E-state index contributed by atoms with van der Waals surface area (Å²) in [5, 5.41) is 2.71. The molecule has 0 aliphatic heterocycles. The average molecular weight is 358 g/mol. The maximum absolute atomic E-state index is 11.8. The van der Waals surface area contributed by atoms with Gasteiger partial charge in [0.1, 0.15) is 18.1 Å². The van der Waals surface area contributed by atoms with Crippen molar-refractivity contribution >= 4 is 15.9 Å². The van der Waals surface area contributed by atoms with E-state index in [1.807, 2.05) is 0 Å². The van der Waals surface area contributed by atoms with Gasteiger partial charge in [0.2, 0.25) is 15.9 Å². The van der Waals surface area contributed by atoms with Crippen molar-refractivity contribution < 1.29 is 22.7 Å². The standard InChI is InChI=1S/C16H26N2O5S/c1-13(2)18(24(4,20)21)11-9-16(19)17-10-12-23-15-7-5-14(22-3)6-8-15/h5-8,13H,9-12H2,1-4H3,(H,17,19). The number of nitrogens with one attached hydrogen (secondary N) is 1. The summed E-state index contributed by atoms with van der Waals surface area (Å²) in [4.78, 5) is 11.8. The Labute approximate surface area is 144 Å². The summed E-state index contributed by atoms with van der Waals surface area (Å²) in [7, 11) is -1.72. The Morgan fingerprint density at radius 2 is 1.79 bits per heavy atom. The molecule has 1 rings (SSSR count). The lowest BCUT2D eigenvalue weighted by molar-refractivity contribution is -0.121. The predicted molar refractivity (Wildman–Crippen MR) is 92.8 cm³/mol. The number of hydrogen-bond acceptors (Lipinski definition) is 5. The second-order valence-corrected chi connectivity index (χ2v) is 7.53. The Morgan fingerprint density at radius 3 is 2.29 bits per heavy atom. The van der Waals surface area contributed by atoms with Gasteiger partial charge >= 0.3 is 0 Å². The smallest absolute Gasteiger partial charge is 0.221 e. The minimum atomic E-state index is -3.31. The number of hydrogen-bond donors (Lipinski definition) is 1. The minimum Gasteiger partial charge on any atom is -0.497 e. The number of methoxy groups -OCH3 is 1. The molecule has 0 heterocycles. The molecule has 0 unspecified atom stereocenters. The molecule has 0 radical (unpaired) electrons. The van der Waals surface area contributed by atoms with Gasteiger partial charge in [-0.1, -0.05) is 0 Å². The van der Waals surface area contributed by atoms with E-state index in [0.717, 1.165) is 12.0 Å². The lowest BCUT2D eigenvalue weighted by Gasteiger charge is -2.23. The first-order valence-electron chi connectivity index (χ1n) is 7.74. The summed E-state index contributed by atoms with van der Waals surface area (Å²) in [5.74, 6) is 1.23. The van der Waals surface area contributed by atoms with Crippen molar-refractivity contribution in [1.82, 2.24) is 9.62 Å². The first-order valence-corrected chi connectivity index (χ1v) is 9.59. The highest BCUT2D eigenvalue weighted by atomic mass is 32.2. The first kappa shape index (κ1) is 20.2. The summed E-state index contributed by atoms with van der Waals surface area (Å²) < 4.78 is 35.1. The van der Waals surface area contributed by atoms with Gasteiger partial charge in [-0.3, -0.25) is 4.79 Å². The fourth-order valence-electron chi connectivity index (χ4n) is 2.14. The van der Waals surface area contributed by atoms with Crippen LogP contribution in [0.15, 0.2) is 24.3 Å². The molecule has 0 saturated heterocycles. The van der Waals surface area contributed by atoms with Gasteiger partial charge in [-0.05, 0) is 38.1 Å². The SMILES string of the molecule is COc1ccc(OCCNC(=O)CCN(C(C)C)S(C)(=O)=O)cc1. The van der Waals surface area contributed by atoms with Crippen molar-refractivity contribution in [3.05, 3.63) is 24.3 Å². The van der Waals surface area contributed by atoms with E-state index in [0.29, 0.717) is 18.9 Å². The van der Waals surface area contributed by atoms with Gasteiger partial charge in [0.15, 0.2) is 0 Å². The maximum atomic E-state index is 11.8. The molecule has 24 heavy (non-hydrogen) atoms. The van der Waals surface area contributed by atoms with Gasteiger partial charge in [-0.15, -0.1) is 0 Å². The second-order valence-electron chi connectivity index (χ2n) is 5.59. The van der Waals surface area contributed by atoms with Gasteiger partial charge in [0.05, 0.1) is 19.9 Å². The summed E-state index contributed by atoms with van der Waals surface area (Å²) >= 11 is 0. The number of carbonyl (C=O) groups excluding carboxylic acids is 1. The molecular weight excluding hydrogens is 332 g/mol. The van der Waals surface area contributed by atoms with Crippen LogP contribution in [0.1, 0.15) is 20.3 Å². The lowest BCUT2D eigenvalue weighted by Crippen LogP contribution is -2.39. The molecule has 0 saturated carbocycles. The molecule has 0 fully saturated rings. The van der Waals surface area contributed by atoms with Crippen LogP contribution in [-0.2, 0) is 14.8 Å². The zero-order valence-electron chi connectivity index (χ0n) is 14.6. The molecule has 136 valence electrons. The van der Waals surface area contributed by atoms with E-state index >= 15 is 0 Å². The van der Waals surface area contributed by atoms with Crippen molar-refractivity contribution in [2.24, 2.45) is 0 Å². The molecule has 0 aliphatic carbocycles. The zero-order valence-corrected chi connectivity index (χ0v) is 15.4. The van der Waals surface area contributed by atoms with Crippen molar-refractivity contribution in [3.63, 3.8) is 0 Å². The number of carbonyl (C=O) groups is 1. The van der Waals surface area contributed by atoms with Crippen LogP contribution < -0.4 is 14.8 Å². The van der Waals surface area contributed by atoms with E-state index in [4.69, 9.17) is 9.47 Å². The third-order valence-electron chi connectivity index (χ3n) is 3.31. The number of amides is 1. The fraction of sp³-hybridized carbons (Fsp3) is 0.562. The molecule has 0 spiro atoms. The molecule has 0 aromatic heterocycles. The number of sulfonamides is 1. The van der Waals surface area contributed by atoms with Crippen LogP contribution in [0, 0.1) is 0 Å². The quantitative estimate of drug-likeness (QED) is 0.636. The highest BCUT2D eigenvalue weighted by molar-refractivity contribution is 7.88. The number of rotatable bonds is 10.